The number of nitrogens with zero attached hydrogens (tertiary/aromatic N) is 3. The van der Waals surface area contributed by atoms with Crippen LogP contribution in [-0.2, 0) is 13.5 Å². The number of anilines is 2. The smallest absolute Gasteiger partial charge is 0.253 e. The largest absolute Gasteiger partial charge is 0.399 e. The minimum Gasteiger partial charge on any atom is -0.399 e. The van der Waals surface area contributed by atoms with E-state index in [0.29, 0.717) is 24.2 Å². The van der Waals surface area contributed by atoms with E-state index in [-0.39, 0.29) is 5.91 Å². The van der Waals surface area contributed by atoms with Crippen LogP contribution < -0.4 is 16.0 Å². The summed E-state index contributed by atoms with van der Waals surface area (Å²) in [5.41, 5.74) is 8.74. The minimum absolute atomic E-state index is 0.123. The summed E-state index contributed by atoms with van der Waals surface area (Å²) >= 11 is 0. The fourth-order valence-electron chi connectivity index (χ4n) is 2.12. The van der Waals surface area contributed by atoms with Crippen LogP contribution in [0.1, 0.15) is 16.1 Å². The van der Waals surface area contributed by atoms with Gasteiger partial charge < -0.3 is 16.0 Å². The van der Waals surface area contributed by atoms with Crippen molar-refractivity contribution in [1.29, 1.82) is 0 Å². The molecule has 0 fully saturated rings. The van der Waals surface area contributed by atoms with Gasteiger partial charge in [0.2, 0.25) is 0 Å². The Kier molecular flexibility index (Phi) is 4.47. The molecule has 0 atom stereocenters. The van der Waals surface area contributed by atoms with Crippen molar-refractivity contribution in [1.82, 2.24) is 15.1 Å². The van der Waals surface area contributed by atoms with Gasteiger partial charge in [0.05, 0.1) is 11.3 Å². The van der Waals surface area contributed by atoms with Crippen LogP contribution in [0, 0.1) is 0 Å². The zero-order chi connectivity index (χ0) is 15.4. The quantitative estimate of drug-likeness (QED) is 0.806. The number of hydrogen-bond donors (Lipinski definition) is 2. The number of nitrogen functional groups attached to an aromatic ring is 1. The number of carbonyl (C=O) groups is 1. The molecule has 0 bridgehead atoms. The zero-order valence-corrected chi connectivity index (χ0v) is 12.6. The SMILES string of the molecule is CN(C)c1ccc(N)cc1C(=O)NCCc1ccn(C)n1. The van der Waals surface area contributed by atoms with E-state index >= 15 is 0 Å². The van der Waals surface area contributed by atoms with Gasteiger partial charge in [-0.3, -0.25) is 9.48 Å². The number of hydrogen-bond acceptors (Lipinski definition) is 4. The van der Waals surface area contributed by atoms with E-state index in [1.165, 1.54) is 0 Å². The molecule has 21 heavy (non-hydrogen) atoms. The number of nitrogens with one attached hydrogen (secondary N) is 1. The minimum atomic E-state index is -0.123. The van der Waals surface area contributed by atoms with E-state index < -0.39 is 0 Å². The predicted octanol–water partition coefficient (Wildman–Crippen LogP) is 1.04. The molecule has 6 nitrogen and oxygen atoms in total. The Labute approximate surface area is 124 Å². The summed E-state index contributed by atoms with van der Waals surface area (Å²) in [7, 11) is 5.67. The highest BCUT2D eigenvalue weighted by molar-refractivity contribution is 6.00. The van der Waals surface area contributed by atoms with Gasteiger partial charge in [0.15, 0.2) is 0 Å². The molecule has 0 unspecified atom stereocenters. The zero-order valence-electron chi connectivity index (χ0n) is 12.6. The Hall–Kier alpha value is -2.50. The lowest BCUT2D eigenvalue weighted by Gasteiger charge is -2.17. The maximum absolute atomic E-state index is 12.3. The molecule has 3 N–H and O–H groups in total. The maximum Gasteiger partial charge on any atom is 0.253 e. The van der Waals surface area contributed by atoms with Crippen molar-refractivity contribution in [3.05, 3.63) is 41.7 Å². The summed E-state index contributed by atoms with van der Waals surface area (Å²) in [4.78, 5) is 14.2. The normalized spacial score (nSPS) is 10.4. The van der Waals surface area contributed by atoms with Crippen LogP contribution in [0.15, 0.2) is 30.5 Å². The van der Waals surface area contributed by atoms with Crippen molar-refractivity contribution >= 4 is 17.3 Å². The summed E-state index contributed by atoms with van der Waals surface area (Å²) in [5, 5.41) is 7.19. The lowest BCUT2D eigenvalue weighted by atomic mass is 10.1. The van der Waals surface area contributed by atoms with Gasteiger partial charge in [-0.05, 0) is 24.3 Å². The molecule has 0 saturated carbocycles. The highest BCUT2D eigenvalue weighted by Crippen LogP contribution is 2.21. The third-order valence-electron chi connectivity index (χ3n) is 3.18. The molecule has 1 aromatic carbocycles. The second-order valence-corrected chi connectivity index (χ2v) is 5.16. The molecule has 1 amide bonds. The van der Waals surface area contributed by atoms with Crippen LogP contribution >= 0.6 is 0 Å². The van der Waals surface area contributed by atoms with E-state index in [1.54, 1.807) is 16.8 Å². The van der Waals surface area contributed by atoms with Crippen LogP contribution in [0.2, 0.25) is 0 Å². The van der Waals surface area contributed by atoms with Crippen LogP contribution in [-0.4, -0.2) is 36.3 Å². The molecule has 0 spiro atoms. The Morgan fingerprint density at radius 2 is 2.14 bits per heavy atom. The molecule has 0 aliphatic carbocycles. The number of rotatable bonds is 5. The second kappa shape index (κ2) is 6.30. The Bertz CT molecular complexity index is 633. The highest BCUT2D eigenvalue weighted by atomic mass is 16.1. The van der Waals surface area contributed by atoms with Crippen LogP contribution in [0.5, 0.6) is 0 Å². The van der Waals surface area contributed by atoms with E-state index in [1.807, 2.05) is 44.4 Å². The Balaban J connectivity index is 2.01. The number of benzene rings is 1. The first kappa shape index (κ1) is 14.9. The number of carbonyl (C=O) groups excluding carboxylic acids is 1. The average Bonchev–Trinajstić information content (AvgIpc) is 2.84. The van der Waals surface area contributed by atoms with Gasteiger partial charge in [0.1, 0.15) is 0 Å². The fraction of sp³-hybridized carbons (Fsp3) is 0.333. The lowest BCUT2D eigenvalue weighted by molar-refractivity contribution is 0.0954. The summed E-state index contributed by atoms with van der Waals surface area (Å²) in [6.07, 6.45) is 2.59. The van der Waals surface area contributed by atoms with Gasteiger partial charge >= 0.3 is 0 Å². The number of amides is 1. The first-order chi connectivity index (χ1) is 9.97. The lowest BCUT2D eigenvalue weighted by Crippen LogP contribution is -2.27. The molecular weight excluding hydrogens is 266 g/mol. The first-order valence-corrected chi connectivity index (χ1v) is 6.81. The number of aryl methyl sites for hydroxylation is 1. The molecule has 0 aliphatic heterocycles. The average molecular weight is 287 g/mol. The van der Waals surface area contributed by atoms with Crippen molar-refractivity contribution < 1.29 is 4.79 Å². The molecule has 1 heterocycles. The monoisotopic (exact) mass is 287 g/mol. The molecule has 112 valence electrons. The van der Waals surface area contributed by atoms with Crippen molar-refractivity contribution in [2.75, 3.05) is 31.3 Å². The van der Waals surface area contributed by atoms with Crippen LogP contribution in [0.4, 0.5) is 11.4 Å². The van der Waals surface area contributed by atoms with Gasteiger partial charge in [-0.1, -0.05) is 0 Å². The van der Waals surface area contributed by atoms with E-state index in [0.717, 1.165) is 11.4 Å². The van der Waals surface area contributed by atoms with Crippen molar-refractivity contribution in [3.8, 4) is 0 Å². The standard InChI is InChI=1S/C15H21N5O/c1-19(2)14-5-4-11(16)10-13(14)15(21)17-8-6-12-7-9-20(3)18-12/h4-5,7,9-10H,6,8,16H2,1-3H3,(H,17,21). The second-order valence-electron chi connectivity index (χ2n) is 5.16. The molecule has 1 aromatic heterocycles. The molecule has 0 saturated heterocycles. The van der Waals surface area contributed by atoms with Gasteiger partial charge in [0, 0.05) is 51.7 Å². The van der Waals surface area contributed by atoms with E-state index in [2.05, 4.69) is 10.4 Å². The van der Waals surface area contributed by atoms with Gasteiger partial charge in [-0.15, -0.1) is 0 Å². The van der Waals surface area contributed by atoms with Crippen LogP contribution in [0.25, 0.3) is 0 Å². The first-order valence-electron chi connectivity index (χ1n) is 6.81. The molecule has 0 aliphatic rings. The summed E-state index contributed by atoms with van der Waals surface area (Å²) in [6.45, 7) is 0.539. The van der Waals surface area contributed by atoms with Crippen molar-refractivity contribution in [2.24, 2.45) is 7.05 Å². The summed E-state index contributed by atoms with van der Waals surface area (Å²) in [6, 6.07) is 7.28. The Morgan fingerprint density at radius 1 is 1.38 bits per heavy atom. The molecule has 2 rings (SSSR count). The molecule has 0 radical (unpaired) electrons. The van der Waals surface area contributed by atoms with Crippen molar-refractivity contribution in [2.45, 2.75) is 6.42 Å². The van der Waals surface area contributed by atoms with E-state index in [4.69, 9.17) is 5.73 Å². The summed E-state index contributed by atoms with van der Waals surface area (Å²) < 4.78 is 1.75. The molecule has 2 aromatic rings. The highest BCUT2D eigenvalue weighted by Gasteiger charge is 2.13. The Morgan fingerprint density at radius 3 is 2.76 bits per heavy atom. The van der Waals surface area contributed by atoms with Crippen LogP contribution in [0.3, 0.4) is 0 Å². The maximum atomic E-state index is 12.3. The number of nitrogens with two attached hydrogens (primary N) is 1. The van der Waals surface area contributed by atoms with Gasteiger partial charge in [-0.25, -0.2) is 0 Å². The van der Waals surface area contributed by atoms with Gasteiger partial charge in [-0.2, -0.15) is 5.10 Å². The predicted molar refractivity (Wildman–Crippen MR) is 84.4 cm³/mol. The molecule has 6 heteroatoms. The topological polar surface area (TPSA) is 76.2 Å². The third-order valence-corrected chi connectivity index (χ3v) is 3.18. The molecular formula is C15H21N5O. The fourth-order valence-corrected chi connectivity index (χ4v) is 2.12. The number of aromatic nitrogens is 2. The van der Waals surface area contributed by atoms with E-state index in [9.17, 15) is 4.79 Å². The summed E-state index contributed by atoms with van der Waals surface area (Å²) in [5.74, 6) is -0.123. The van der Waals surface area contributed by atoms with Gasteiger partial charge in [0.25, 0.3) is 5.91 Å². The third kappa shape index (κ3) is 3.75. The van der Waals surface area contributed by atoms with Crippen molar-refractivity contribution in [3.63, 3.8) is 0 Å².